The minimum absolute atomic E-state index is 0.0162. The highest BCUT2D eigenvalue weighted by Crippen LogP contribution is 2.26. The Balaban J connectivity index is 1.37. The van der Waals surface area contributed by atoms with Crippen LogP contribution in [0.5, 0.6) is 0 Å². The zero-order valence-corrected chi connectivity index (χ0v) is 14.6. The van der Waals surface area contributed by atoms with Crippen LogP contribution in [0.4, 0.5) is 0 Å². The molecule has 136 valence electrons. The van der Waals surface area contributed by atoms with Gasteiger partial charge in [0.1, 0.15) is 12.1 Å². The van der Waals surface area contributed by atoms with Crippen molar-refractivity contribution in [3.05, 3.63) is 18.2 Å². The molecule has 2 aliphatic heterocycles. The van der Waals surface area contributed by atoms with Gasteiger partial charge in [-0.25, -0.2) is 4.98 Å². The molecule has 25 heavy (non-hydrogen) atoms. The predicted molar refractivity (Wildman–Crippen MR) is 92.7 cm³/mol. The number of carbonyl (C=O) groups is 2. The third kappa shape index (κ3) is 3.56. The van der Waals surface area contributed by atoms with E-state index >= 15 is 0 Å². The van der Waals surface area contributed by atoms with Crippen LogP contribution in [0.1, 0.15) is 37.8 Å². The summed E-state index contributed by atoms with van der Waals surface area (Å²) in [4.78, 5) is 36.5. The van der Waals surface area contributed by atoms with Crippen molar-refractivity contribution in [2.45, 2.75) is 50.6 Å². The number of nitrogens with zero attached hydrogens (tertiary/aromatic N) is 3. The Labute approximate surface area is 148 Å². The monoisotopic (exact) mass is 345 g/mol. The first kappa shape index (κ1) is 16.6. The Morgan fingerprint density at radius 3 is 2.76 bits per heavy atom. The summed E-state index contributed by atoms with van der Waals surface area (Å²) in [5, 5.41) is 2.92. The Kier molecular flexibility index (Phi) is 4.74. The first-order chi connectivity index (χ1) is 12.2. The van der Waals surface area contributed by atoms with E-state index in [0.717, 1.165) is 24.7 Å². The molecule has 4 rings (SSSR count). The number of aromatic amines is 1. The van der Waals surface area contributed by atoms with Crippen LogP contribution in [0.15, 0.2) is 12.5 Å². The number of nitrogens with one attached hydrogen (secondary N) is 2. The molecular weight excluding hydrogens is 318 g/mol. The second-order valence-corrected chi connectivity index (χ2v) is 7.65. The number of piperazine rings is 2. The molecule has 1 aromatic heterocycles. The molecule has 0 radical (unpaired) electrons. The average molecular weight is 345 g/mol. The number of fused-ring (bicyclic) bond motifs is 1. The molecule has 2 N–H and O–H groups in total. The summed E-state index contributed by atoms with van der Waals surface area (Å²) in [5.74, 6) is 0.782. The third-order valence-electron chi connectivity index (χ3n) is 5.88. The summed E-state index contributed by atoms with van der Waals surface area (Å²) in [6.07, 6.45) is 10.4. The van der Waals surface area contributed by atoms with Crippen LogP contribution in [0, 0.1) is 5.92 Å². The maximum Gasteiger partial charge on any atom is 0.246 e. The fraction of sp³-hybridized carbons (Fsp3) is 0.722. The molecule has 0 aromatic carbocycles. The highest BCUT2D eigenvalue weighted by atomic mass is 16.2. The highest BCUT2D eigenvalue weighted by Gasteiger charge is 2.43. The summed E-state index contributed by atoms with van der Waals surface area (Å²) in [6, 6.07) is -0.808. The zero-order chi connectivity index (χ0) is 17.2. The lowest BCUT2D eigenvalue weighted by molar-refractivity contribution is -0.153. The Morgan fingerprint density at radius 2 is 2.00 bits per heavy atom. The van der Waals surface area contributed by atoms with E-state index in [1.165, 1.54) is 32.1 Å². The number of hydrogen-bond acceptors (Lipinski definition) is 4. The molecule has 0 spiro atoms. The second kappa shape index (κ2) is 7.15. The molecule has 1 aliphatic carbocycles. The molecule has 7 heteroatoms. The van der Waals surface area contributed by atoms with E-state index in [1.807, 2.05) is 0 Å². The van der Waals surface area contributed by atoms with Crippen molar-refractivity contribution >= 4 is 11.8 Å². The standard InChI is InChI=1S/C18H27N5O2/c24-17-16-11-22(10-13-4-2-1-3-5-13)6-7-23(16)18(25)15(21-17)8-14-9-19-12-20-14/h9,12-13,15-16H,1-8,10-11H2,(H,19,20)(H,21,24)/t15-,16+/m0/s1. The molecule has 0 bridgehead atoms. The van der Waals surface area contributed by atoms with Gasteiger partial charge in [-0.05, 0) is 18.8 Å². The fourth-order valence-electron chi connectivity index (χ4n) is 4.51. The molecule has 3 fully saturated rings. The van der Waals surface area contributed by atoms with E-state index in [-0.39, 0.29) is 17.9 Å². The van der Waals surface area contributed by atoms with Crippen LogP contribution in [-0.2, 0) is 16.0 Å². The molecule has 2 atom stereocenters. The number of carbonyl (C=O) groups excluding carboxylic acids is 2. The van der Waals surface area contributed by atoms with Crippen molar-refractivity contribution < 1.29 is 9.59 Å². The van der Waals surface area contributed by atoms with Crippen molar-refractivity contribution in [3.8, 4) is 0 Å². The van der Waals surface area contributed by atoms with E-state index < -0.39 is 6.04 Å². The van der Waals surface area contributed by atoms with Gasteiger partial charge in [-0.15, -0.1) is 0 Å². The van der Waals surface area contributed by atoms with Crippen molar-refractivity contribution in [1.29, 1.82) is 0 Å². The van der Waals surface area contributed by atoms with E-state index in [0.29, 0.717) is 19.5 Å². The van der Waals surface area contributed by atoms with Gasteiger partial charge in [0.2, 0.25) is 11.8 Å². The summed E-state index contributed by atoms with van der Waals surface area (Å²) in [6.45, 7) is 3.28. The lowest BCUT2D eigenvalue weighted by Gasteiger charge is -2.46. The van der Waals surface area contributed by atoms with Crippen molar-refractivity contribution in [1.82, 2.24) is 25.1 Å². The normalized spacial score (nSPS) is 28.7. The number of imidazole rings is 1. The van der Waals surface area contributed by atoms with E-state index in [2.05, 4.69) is 20.2 Å². The molecule has 2 saturated heterocycles. The maximum absolute atomic E-state index is 12.8. The van der Waals surface area contributed by atoms with Gasteiger partial charge in [-0.2, -0.15) is 0 Å². The molecule has 7 nitrogen and oxygen atoms in total. The van der Waals surface area contributed by atoms with Gasteiger partial charge in [-0.3, -0.25) is 14.5 Å². The van der Waals surface area contributed by atoms with Gasteiger partial charge in [-0.1, -0.05) is 19.3 Å². The maximum atomic E-state index is 12.8. The number of hydrogen-bond donors (Lipinski definition) is 2. The summed E-state index contributed by atoms with van der Waals surface area (Å²) in [5.41, 5.74) is 0.869. The van der Waals surface area contributed by atoms with Crippen LogP contribution in [0.3, 0.4) is 0 Å². The number of H-pyrrole nitrogens is 1. The summed E-state index contributed by atoms with van der Waals surface area (Å²) in [7, 11) is 0. The average Bonchev–Trinajstić information content (AvgIpc) is 3.13. The van der Waals surface area contributed by atoms with Gasteiger partial charge in [0.25, 0.3) is 0 Å². The Hall–Kier alpha value is -1.89. The molecule has 1 aromatic rings. The minimum atomic E-state index is -0.478. The highest BCUT2D eigenvalue weighted by molar-refractivity contribution is 5.97. The zero-order valence-electron chi connectivity index (χ0n) is 14.6. The molecule has 3 aliphatic rings. The number of aromatic nitrogens is 2. The second-order valence-electron chi connectivity index (χ2n) is 7.65. The van der Waals surface area contributed by atoms with Gasteiger partial charge in [0, 0.05) is 44.5 Å². The van der Waals surface area contributed by atoms with E-state index in [9.17, 15) is 9.59 Å². The van der Waals surface area contributed by atoms with Crippen molar-refractivity contribution in [3.63, 3.8) is 0 Å². The lowest BCUT2D eigenvalue weighted by atomic mass is 9.88. The van der Waals surface area contributed by atoms with Crippen molar-refractivity contribution in [2.75, 3.05) is 26.2 Å². The minimum Gasteiger partial charge on any atom is -0.348 e. The first-order valence-corrected chi connectivity index (χ1v) is 9.51. The van der Waals surface area contributed by atoms with E-state index in [4.69, 9.17) is 0 Å². The van der Waals surface area contributed by atoms with Crippen LogP contribution < -0.4 is 5.32 Å². The molecule has 1 saturated carbocycles. The van der Waals surface area contributed by atoms with Gasteiger partial charge in [0.15, 0.2) is 0 Å². The SMILES string of the molecule is O=C1N[C@@H](Cc2cnc[nH]2)C(=O)N2CCN(CC3CCCCC3)C[C@H]12. The molecule has 2 amide bonds. The van der Waals surface area contributed by atoms with Crippen LogP contribution >= 0.6 is 0 Å². The molecule has 0 unspecified atom stereocenters. The van der Waals surface area contributed by atoms with Gasteiger partial charge < -0.3 is 15.2 Å². The molecule has 3 heterocycles. The molecular formula is C18H27N5O2. The lowest BCUT2D eigenvalue weighted by Crippen LogP contribution is -2.69. The number of rotatable bonds is 4. The van der Waals surface area contributed by atoms with Crippen LogP contribution in [0.25, 0.3) is 0 Å². The summed E-state index contributed by atoms with van der Waals surface area (Å²) >= 11 is 0. The van der Waals surface area contributed by atoms with Gasteiger partial charge >= 0.3 is 0 Å². The van der Waals surface area contributed by atoms with Crippen molar-refractivity contribution in [2.24, 2.45) is 5.92 Å². The Bertz CT molecular complexity index is 611. The Morgan fingerprint density at radius 1 is 1.16 bits per heavy atom. The predicted octanol–water partition coefficient (Wildman–Crippen LogP) is 0.544. The number of amides is 2. The topological polar surface area (TPSA) is 81.3 Å². The quantitative estimate of drug-likeness (QED) is 0.835. The smallest absolute Gasteiger partial charge is 0.246 e. The largest absolute Gasteiger partial charge is 0.348 e. The third-order valence-corrected chi connectivity index (χ3v) is 5.88. The fourth-order valence-corrected chi connectivity index (χ4v) is 4.51. The first-order valence-electron chi connectivity index (χ1n) is 9.51. The van der Waals surface area contributed by atoms with Gasteiger partial charge in [0.05, 0.1) is 6.33 Å². The van der Waals surface area contributed by atoms with Crippen LogP contribution in [0.2, 0.25) is 0 Å². The van der Waals surface area contributed by atoms with Crippen LogP contribution in [-0.4, -0.2) is 69.8 Å². The summed E-state index contributed by atoms with van der Waals surface area (Å²) < 4.78 is 0. The van der Waals surface area contributed by atoms with E-state index in [1.54, 1.807) is 17.4 Å².